The first kappa shape index (κ1) is 13.8. The number of halogens is 3. The van der Waals surface area contributed by atoms with E-state index in [1.165, 1.54) is 0 Å². The van der Waals surface area contributed by atoms with Crippen molar-refractivity contribution in [3.63, 3.8) is 0 Å². The first-order valence-corrected chi connectivity index (χ1v) is 5.02. The van der Waals surface area contributed by atoms with Gasteiger partial charge < -0.3 is 5.32 Å². The summed E-state index contributed by atoms with van der Waals surface area (Å²) in [7, 11) is 0. The van der Waals surface area contributed by atoms with E-state index in [1.54, 1.807) is 13.8 Å². The van der Waals surface area contributed by atoms with Crippen molar-refractivity contribution >= 4 is 11.8 Å². The van der Waals surface area contributed by atoms with Crippen LogP contribution in [0, 0.1) is 5.92 Å². The maximum Gasteiger partial charge on any atom is 0.408 e. The fourth-order valence-corrected chi connectivity index (χ4v) is 1.20. The molecule has 1 atom stereocenters. The maximum absolute atomic E-state index is 12.0. The predicted octanol–water partition coefficient (Wildman–Crippen LogP) is 0.463. The molecule has 0 unspecified atom stereocenters. The fourth-order valence-electron chi connectivity index (χ4n) is 1.20. The molecule has 2 amide bonds. The van der Waals surface area contributed by atoms with Gasteiger partial charge in [0.1, 0.15) is 19.2 Å². The van der Waals surface area contributed by atoms with E-state index in [0.29, 0.717) is 0 Å². The lowest BCUT2D eigenvalue weighted by molar-refractivity contribution is -0.214. The number of hydroxylamine groups is 2. The first-order valence-electron chi connectivity index (χ1n) is 5.02. The van der Waals surface area contributed by atoms with Gasteiger partial charge in [0.15, 0.2) is 0 Å². The Bertz CT molecular complexity index is 317. The highest BCUT2D eigenvalue weighted by molar-refractivity contribution is 5.88. The number of alkyl halides is 3. The average molecular weight is 254 g/mol. The van der Waals surface area contributed by atoms with E-state index in [0.717, 1.165) is 0 Å². The number of carbonyl (C=O) groups is 2. The third kappa shape index (κ3) is 3.88. The zero-order chi connectivity index (χ0) is 13.2. The van der Waals surface area contributed by atoms with E-state index in [9.17, 15) is 22.8 Å². The van der Waals surface area contributed by atoms with Gasteiger partial charge in [-0.1, -0.05) is 13.8 Å². The normalized spacial score (nSPS) is 21.2. The minimum Gasteiger partial charge on any atom is -0.342 e. The van der Waals surface area contributed by atoms with Gasteiger partial charge in [0.05, 0.1) is 0 Å². The van der Waals surface area contributed by atoms with Gasteiger partial charge in [0, 0.05) is 5.92 Å². The van der Waals surface area contributed by atoms with Crippen LogP contribution >= 0.6 is 0 Å². The molecule has 1 aliphatic heterocycles. The van der Waals surface area contributed by atoms with Gasteiger partial charge in [-0.3, -0.25) is 14.4 Å². The van der Waals surface area contributed by atoms with Gasteiger partial charge in [-0.25, -0.2) is 5.06 Å². The van der Waals surface area contributed by atoms with Gasteiger partial charge in [-0.05, 0) is 0 Å². The minimum atomic E-state index is -4.52. The van der Waals surface area contributed by atoms with E-state index in [4.69, 9.17) is 0 Å². The van der Waals surface area contributed by atoms with Gasteiger partial charge in [-0.2, -0.15) is 13.2 Å². The molecule has 1 heterocycles. The van der Waals surface area contributed by atoms with Gasteiger partial charge in [-0.15, -0.1) is 0 Å². The number of hydrogen-bond donors (Lipinski definition) is 1. The summed E-state index contributed by atoms with van der Waals surface area (Å²) in [6.07, 6.45) is -4.52. The Morgan fingerprint density at radius 1 is 1.59 bits per heavy atom. The monoisotopic (exact) mass is 254 g/mol. The third-order valence-corrected chi connectivity index (χ3v) is 2.10. The van der Waals surface area contributed by atoms with Crippen LogP contribution in [0.25, 0.3) is 0 Å². The van der Waals surface area contributed by atoms with Crippen LogP contribution in [0.2, 0.25) is 0 Å². The molecule has 0 spiro atoms. The molecule has 0 aromatic rings. The van der Waals surface area contributed by atoms with Crippen LogP contribution in [0.1, 0.15) is 13.8 Å². The van der Waals surface area contributed by atoms with Crippen molar-refractivity contribution < 1.29 is 27.6 Å². The summed E-state index contributed by atoms with van der Waals surface area (Å²) < 4.78 is 36.1. The molecule has 1 fully saturated rings. The average Bonchev–Trinajstić information content (AvgIpc) is 2.47. The summed E-state index contributed by atoms with van der Waals surface area (Å²) in [5, 5.41) is 2.55. The number of carbonyl (C=O) groups excluding carboxylic acids is 2. The SMILES string of the molecule is CC(C)C(=O)N[C@@H]1CON(CC(F)(F)F)C1=O. The van der Waals surface area contributed by atoms with Crippen LogP contribution < -0.4 is 5.32 Å². The minimum absolute atomic E-state index is 0.227. The quantitative estimate of drug-likeness (QED) is 0.796. The highest BCUT2D eigenvalue weighted by Gasteiger charge is 2.41. The Morgan fingerprint density at radius 3 is 2.65 bits per heavy atom. The number of amides is 2. The molecular weight excluding hydrogens is 241 g/mol. The van der Waals surface area contributed by atoms with Gasteiger partial charge in [0.25, 0.3) is 5.91 Å². The lowest BCUT2D eigenvalue weighted by Crippen LogP contribution is -2.45. The van der Waals surface area contributed by atoms with Crippen molar-refractivity contribution in [2.45, 2.75) is 26.1 Å². The van der Waals surface area contributed by atoms with Crippen molar-refractivity contribution in [1.82, 2.24) is 10.4 Å². The Hall–Kier alpha value is -1.31. The molecule has 1 saturated heterocycles. The van der Waals surface area contributed by atoms with Crippen LogP contribution in [0.3, 0.4) is 0 Å². The lowest BCUT2D eigenvalue weighted by atomic mass is 10.2. The van der Waals surface area contributed by atoms with Gasteiger partial charge in [0.2, 0.25) is 5.91 Å². The molecule has 1 rings (SSSR count). The van der Waals surface area contributed by atoms with Crippen molar-refractivity contribution in [3.05, 3.63) is 0 Å². The number of nitrogens with zero attached hydrogens (tertiary/aromatic N) is 1. The molecule has 5 nitrogen and oxygen atoms in total. The standard InChI is InChI=1S/C9H13F3N2O3/c1-5(2)7(15)13-6-3-17-14(8(6)16)4-9(10,11)12/h5-6H,3-4H2,1-2H3,(H,13,15)/t6-/m1/s1. The second-order valence-corrected chi connectivity index (χ2v) is 4.00. The zero-order valence-corrected chi connectivity index (χ0v) is 9.37. The first-order chi connectivity index (χ1) is 7.70. The van der Waals surface area contributed by atoms with Gasteiger partial charge >= 0.3 is 6.18 Å². The number of rotatable bonds is 3. The lowest BCUT2D eigenvalue weighted by Gasteiger charge is -2.16. The highest BCUT2D eigenvalue weighted by atomic mass is 19.4. The molecule has 17 heavy (non-hydrogen) atoms. The summed E-state index contributed by atoms with van der Waals surface area (Å²) in [5.41, 5.74) is 0. The topological polar surface area (TPSA) is 58.6 Å². The van der Waals surface area contributed by atoms with Crippen molar-refractivity contribution in [1.29, 1.82) is 0 Å². The molecule has 1 N–H and O–H groups in total. The Labute approximate surface area is 95.8 Å². The Kier molecular flexibility index (Phi) is 3.97. The van der Waals surface area contributed by atoms with Crippen LogP contribution in [-0.4, -0.2) is 42.2 Å². The van der Waals surface area contributed by atoms with Crippen molar-refractivity contribution in [3.8, 4) is 0 Å². The molecule has 0 saturated carbocycles. The predicted molar refractivity (Wildman–Crippen MR) is 50.5 cm³/mol. The molecule has 0 bridgehead atoms. The van der Waals surface area contributed by atoms with E-state index >= 15 is 0 Å². The number of hydrogen-bond acceptors (Lipinski definition) is 3. The molecule has 0 aliphatic carbocycles. The maximum atomic E-state index is 12.0. The molecule has 8 heteroatoms. The van der Waals surface area contributed by atoms with E-state index in [1.807, 2.05) is 0 Å². The Morgan fingerprint density at radius 2 is 2.18 bits per heavy atom. The summed E-state index contributed by atoms with van der Waals surface area (Å²) in [5.74, 6) is -1.63. The molecular formula is C9H13F3N2O3. The summed E-state index contributed by atoms with van der Waals surface area (Å²) in [6.45, 7) is 1.49. The number of nitrogens with one attached hydrogen (secondary N) is 1. The highest BCUT2D eigenvalue weighted by Crippen LogP contribution is 2.20. The molecule has 0 radical (unpaired) electrons. The smallest absolute Gasteiger partial charge is 0.342 e. The molecule has 1 aliphatic rings. The van der Waals surface area contributed by atoms with Crippen molar-refractivity contribution in [2.24, 2.45) is 5.92 Å². The second-order valence-electron chi connectivity index (χ2n) is 4.00. The largest absolute Gasteiger partial charge is 0.408 e. The van der Waals surface area contributed by atoms with E-state index in [2.05, 4.69) is 10.2 Å². The van der Waals surface area contributed by atoms with Crippen LogP contribution in [0.4, 0.5) is 13.2 Å². The fraction of sp³-hybridized carbons (Fsp3) is 0.778. The summed E-state index contributed by atoms with van der Waals surface area (Å²) in [4.78, 5) is 27.3. The zero-order valence-electron chi connectivity index (χ0n) is 9.37. The molecule has 0 aromatic heterocycles. The van der Waals surface area contributed by atoms with Crippen LogP contribution in [-0.2, 0) is 14.4 Å². The van der Waals surface area contributed by atoms with Crippen LogP contribution in [0.15, 0.2) is 0 Å². The molecule has 0 aromatic carbocycles. The molecule has 98 valence electrons. The van der Waals surface area contributed by atoms with E-state index < -0.39 is 30.6 Å². The summed E-state index contributed by atoms with van der Waals surface area (Å²) >= 11 is 0. The van der Waals surface area contributed by atoms with Crippen LogP contribution in [0.5, 0.6) is 0 Å². The second kappa shape index (κ2) is 4.91. The van der Waals surface area contributed by atoms with E-state index in [-0.39, 0.29) is 17.6 Å². The van der Waals surface area contributed by atoms with Crippen molar-refractivity contribution in [2.75, 3.05) is 13.2 Å². The summed E-state index contributed by atoms with van der Waals surface area (Å²) in [6, 6.07) is -1.03. The third-order valence-electron chi connectivity index (χ3n) is 2.10. The Balaban J connectivity index is 2.53.